The third kappa shape index (κ3) is 5.11. The predicted molar refractivity (Wildman–Crippen MR) is 148 cm³/mol. The van der Waals surface area contributed by atoms with E-state index in [1.165, 1.54) is 16.8 Å². The summed E-state index contributed by atoms with van der Waals surface area (Å²) in [7, 11) is 0. The van der Waals surface area contributed by atoms with Crippen molar-refractivity contribution >= 4 is 40.9 Å². The molecule has 3 aromatic rings. The maximum Gasteiger partial charge on any atom is 0.253 e. The molecular weight excluding hydrogens is 490 g/mol. The molecular formula is C29H30ClN3O2S. The predicted octanol–water partition coefficient (Wildman–Crippen LogP) is 5.69. The maximum absolute atomic E-state index is 13.2. The quantitative estimate of drug-likeness (QED) is 0.434. The van der Waals surface area contributed by atoms with Gasteiger partial charge in [0.1, 0.15) is 5.37 Å². The minimum Gasteiger partial charge on any atom is -0.368 e. The van der Waals surface area contributed by atoms with Crippen LogP contribution >= 0.6 is 23.4 Å². The first-order chi connectivity index (χ1) is 17.4. The Morgan fingerprint density at radius 3 is 2.33 bits per heavy atom. The molecule has 36 heavy (non-hydrogen) atoms. The summed E-state index contributed by atoms with van der Waals surface area (Å²) in [5, 5.41) is 0.628. The molecule has 2 saturated heterocycles. The van der Waals surface area contributed by atoms with Gasteiger partial charge in [-0.2, -0.15) is 0 Å². The van der Waals surface area contributed by atoms with E-state index in [1.54, 1.807) is 11.8 Å². The van der Waals surface area contributed by atoms with Crippen LogP contribution in [-0.4, -0.2) is 53.5 Å². The zero-order chi connectivity index (χ0) is 25.2. The van der Waals surface area contributed by atoms with Crippen molar-refractivity contribution in [3.63, 3.8) is 0 Å². The lowest BCUT2D eigenvalue weighted by molar-refractivity contribution is -0.128. The summed E-state index contributed by atoms with van der Waals surface area (Å²) in [5.41, 5.74) is 6.64. The summed E-state index contributed by atoms with van der Waals surface area (Å²) < 4.78 is 0. The van der Waals surface area contributed by atoms with Gasteiger partial charge in [0.2, 0.25) is 5.91 Å². The second-order valence-electron chi connectivity index (χ2n) is 9.43. The third-order valence-corrected chi connectivity index (χ3v) is 8.67. The molecule has 0 unspecified atom stereocenters. The van der Waals surface area contributed by atoms with Gasteiger partial charge in [-0.1, -0.05) is 48.0 Å². The number of carbonyl (C=O) groups is 2. The van der Waals surface area contributed by atoms with Gasteiger partial charge < -0.3 is 14.7 Å². The van der Waals surface area contributed by atoms with Crippen LogP contribution in [0.1, 0.15) is 38.0 Å². The number of rotatable bonds is 5. The first-order valence-corrected chi connectivity index (χ1v) is 13.7. The molecule has 1 atom stereocenters. The lowest BCUT2D eigenvalue weighted by Gasteiger charge is -2.37. The first kappa shape index (κ1) is 24.7. The van der Waals surface area contributed by atoms with Gasteiger partial charge in [0.15, 0.2) is 0 Å². The molecule has 0 aromatic heterocycles. The van der Waals surface area contributed by atoms with Gasteiger partial charge in [0.25, 0.3) is 5.91 Å². The molecule has 5 nitrogen and oxygen atoms in total. The Morgan fingerprint density at radius 1 is 0.944 bits per heavy atom. The third-order valence-electron chi connectivity index (χ3n) is 7.16. The zero-order valence-electron chi connectivity index (χ0n) is 20.6. The molecule has 3 aromatic carbocycles. The largest absolute Gasteiger partial charge is 0.368 e. The van der Waals surface area contributed by atoms with Crippen molar-refractivity contribution in [2.24, 2.45) is 0 Å². The van der Waals surface area contributed by atoms with E-state index in [1.807, 2.05) is 58.3 Å². The first-order valence-electron chi connectivity index (χ1n) is 12.3. The van der Waals surface area contributed by atoms with Gasteiger partial charge in [-0.05, 0) is 66.4 Å². The molecule has 5 rings (SSSR count). The Labute approximate surface area is 222 Å². The molecule has 2 amide bonds. The molecule has 0 saturated carbocycles. The second kappa shape index (κ2) is 10.6. The summed E-state index contributed by atoms with van der Waals surface area (Å²) in [6, 6.07) is 21.8. The Kier molecular flexibility index (Phi) is 7.26. The minimum atomic E-state index is -0.0570. The van der Waals surface area contributed by atoms with Crippen molar-refractivity contribution in [2.45, 2.75) is 25.8 Å². The van der Waals surface area contributed by atoms with E-state index in [9.17, 15) is 9.59 Å². The van der Waals surface area contributed by atoms with Crippen molar-refractivity contribution in [1.29, 1.82) is 0 Å². The van der Waals surface area contributed by atoms with Crippen LogP contribution in [0, 0.1) is 13.8 Å². The average Bonchev–Trinajstić information content (AvgIpc) is 3.26. The van der Waals surface area contributed by atoms with E-state index < -0.39 is 0 Å². The van der Waals surface area contributed by atoms with Crippen molar-refractivity contribution in [3.05, 3.63) is 99.6 Å². The summed E-state index contributed by atoms with van der Waals surface area (Å²) in [6.07, 6.45) is 0. The van der Waals surface area contributed by atoms with Crippen molar-refractivity contribution in [2.75, 3.05) is 36.8 Å². The lowest BCUT2D eigenvalue weighted by Crippen LogP contribution is -2.49. The smallest absolute Gasteiger partial charge is 0.253 e. The molecule has 2 heterocycles. The Balaban J connectivity index is 1.23. The number of anilines is 1. The standard InChI is InChI=1S/C29H30ClN3O2S/c1-20-4-3-5-26(21(20)2)31-14-16-32(17-15-31)28(35)23-8-10-24(11-9-23)29-33(27(34)19-36-29)18-22-6-12-25(30)13-7-22/h3-13,29H,14-19H2,1-2H3/t29-/m0/s1. The molecule has 2 fully saturated rings. The van der Waals surface area contributed by atoms with Gasteiger partial charge >= 0.3 is 0 Å². The van der Waals surface area contributed by atoms with E-state index in [0.717, 1.165) is 24.2 Å². The number of benzene rings is 3. The van der Waals surface area contributed by atoms with Gasteiger partial charge in [-0.25, -0.2) is 0 Å². The fraction of sp³-hybridized carbons (Fsp3) is 0.310. The minimum absolute atomic E-state index is 0.0570. The molecule has 0 radical (unpaired) electrons. The van der Waals surface area contributed by atoms with Crippen LogP contribution in [0.25, 0.3) is 0 Å². The van der Waals surface area contributed by atoms with Crippen LogP contribution < -0.4 is 4.90 Å². The molecule has 2 aliphatic heterocycles. The van der Waals surface area contributed by atoms with Crippen molar-refractivity contribution in [3.8, 4) is 0 Å². The van der Waals surface area contributed by atoms with E-state index in [2.05, 4.69) is 36.9 Å². The molecule has 186 valence electrons. The highest BCUT2D eigenvalue weighted by Gasteiger charge is 2.33. The number of thioether (sulfide) groups is 1. The number of nitrogens with zero attached hydrogens (tertiary/aromatic N) is 3. The monoisotopic (exact) mass is 519 g/mol. The van der Waals surface area contributed by atoms with Crippen LogP contribution in [0.5, 0.6) is 0 Å². The number of hydrogen-bond donors (Lipinski definition) is 0. The van der Waals surface area contributed by atoms with Gasteiger partial charge in [-0.3, -0.25) is 9.59 Å². The Hall–Kier alpha value is -2.96. The van der Waals surface area contributed by atoms with Gasteiger partial charge in [0, 0.05) is 49.0 Å². The van der Waals surface area contributed by atoms with Crippen LogP contribution in [-0.2, 0) is 11.3 Å². The van der Waals surface area contributed by atoms with Crippen LogP contribution in [0.3, 0.4) is 0 Å². The molecule has 0 bridgehead atoms. The van der Waals surface area contributed by atoms with Crippen molar-refractivity contribution < 1.29 is 9.59 Å². The van der Waals surface area contributed by atoms with E-state index >= 15 is 0 Å². The number of amides is 2. The number of carbonyl (C=O) groups excluding carboxylic acids is 2. The topological polar surface area (TPSA) is 43.9 Å². The van der Waals surface area contributed by atoms with Gasteiger partial charge in [-0.15, -0.1) is 11.8 Å². The van der Waals surface area contributed by atoms with Gasteiger partial charge in [0.05, 0.1) is 5.75 Å². The van der Waals surface area contributed by atoms with Crippen molar-refractivity contribution in [1.82, 2.24) is 9.80 Å². The second-order valence-corrected chi connectivity index (χ2v) is 10.9. The summed E-state index contributed by atoms with van der Waals surface area (Å²) >= 11 is 7.63. The number of piperazine rings is 1. The number of aryl methyl sites for hydroxylation is 1. The maximum atomic E-state index is 13.2. The fourth-order valence-corrected chi connectivity index (χ4v) is 6.20. The zero-order valence-corrected chi connectivity index (χ0v) is 22.2. The number of hydrogen-bond acceptors (Lipinski definition) is 4. The molecule has 0 N–H and O–H groups in total. The molecule has 0 aliphatic carbocycles. The Bertz CT molecular complexity index is 1250. The average molecular weight is 520 g/mol. The Morgan fingerprint density at radius 2 is 1.64 bits per heavy atom. The highest BCUT2D eigenvalue weighted by Crippen LogP contribution is 2.39. The molecule has 0 spiro atoms. The lowest BCUT2D eigenvalue weighted by atomic mass is 10.1. The van der Waals surface area contributed by atoms with E-state index in [4.69, 9.17) is 11.6 Å². The van der Waals surface area contributed by atoms with Crippen LogP contribution in [0.4, 0.5) is 5.69 Å². The summed E-state index contributed by atoms with van der Waals surface area (Å²) in [5.74, 6) is 0.654. The van der Waals surface area contributed by atoms with Crippen LogP contribution in [0.15, 0.2) is 66.7 Å². The van der Waals surface area contributed by atoms with E-state index in [0.29, 0.717) is 36.0 Å². The molecule has 7 heteroatoms. The normalized spacial score (nSPS) is 18.1. The molecule has 2 aliphatic rings. The summed E-state index contributed by atoms with van der Waals surface area (Å²) in [4.78, 5) is 32.0. The highest BCUT2D eigenvalue weighted by atomic mass is 35.5. The highest BCUT2D eigenvalue weighted by molar-refractivity contribution is 8.00. The summed E-state index contributed by atoms with van der Waals surface area (Å²) in [6.45, 7) is 7.91. The number of halogens is 1. The fourth-order valence-electron chi connectivity index (χ4n) is 4.89. The SMILES string of the molecule is Cc1cccc(N2CCN(C(=O)c3ccc([C@@H]4SCC(=O)N4Cc4ccc(Cl)cc4)cc3)CC2)c1C. The van der Waals surface area contributed by atoms with E-state index in [-0.39, 0.29) is 17.2 Å². The van der Waals surface area contributed by atoms with Crippen LogP contribution in [0.2, 0.25) is 5.02 Å².